The molecule has 0 atom stereocenters. The van der Waals surface area contributed by atoms with Gasteiger partial charge in [-0.25, -0.2) is 21.6 Å². The fourth-order valence-electron chi connectivity index (χ4n) is 1.17. The minimum atomic E-state index is -3.80. The number of methoxy groups -OCH3 is 1. The Hall–Kier alpha value is -1.67. The van der Waals surface area contributed by atoms with E-state index in [1.807, 2.05) is 0 Å². The summed E-state index contributed by atoms with van der Waals surface area (Å²) in [7, 11) is -6.06. The fraction of sp³-hybridized carbons (Fsp3) is 0.182. The van der Waals surface area contributed by atoms with Crippen LogP contribution in [0.25, 0.3) is 0 Å². The van der Waals surface area contributed by atoms with E-state index in [-0.39, 0.29) is 9.79 Å². The van der Waals surface area contributed by atoms with Gasteiger partial charge in [-0.2, -0.15) is 0 Å². The molecule has 0 N–H and O–H groups in total. The van der Waals surface area contributed by atoms with E-state index in [0.29, 0.717) is 5.41 Å². The second-order valence-corrected chi connectivity index (χ2v) is 7.46. The number of hydrogen-bond donors (Lipinski definition) is 0. The number of benzene rings is 1. The van der Waals surface area contributed by atoms with Crippen LogP contribution >= 0.6 is 0 Å². The first-order chi connectivity index (χ1) is 8.66. The Morgan fingerprint density at radius 1 is 1.05 bits per heavy atom. The highest BCUT2D eigenvalue weighted by Gasteiger charge is 2.13. The standard InChI is InChI=1S/C11H12O6S2/c1-17-11(12)7-8-19(15,16)10-5-3-9(4-6-10)18(2,13)14/h3-8H,1-2H3/b8-7+. The van der Waals surface area contributed by atoms with Crippen LogP contribution in [0.4, 0.5) is 0 Å². The number of carbonyl (C=O) groups excluding carboxylic acids is 1. The van der Waals surface area contributed by atoms with Crippen LogP contribution in [0.3, 0.4) is 0 Å². The molecular weight excluding hydrogens is 292 g/mol. The molecule has 104 valence electrons. The van der Waals surface area contributed by atoms with E-state index in [1.54, 1.807) is 0 Å². The maximum atomic E-state index is 11.8. The lowest BCUT2D eigenvalue weighted by atomic mass is 10.4. The molecule has 0 aliphatic rings. The second kappa shape index (κ2) is 5.54. The Kier molecular flexibility index (Phi) is 4.48. The average Bonchev–Trinajstić information content (AvgIpc) is 2.35. The summed E-state index contributed by atoms with van der Waals surface area (Å²) >= 11 is 0. The monoisotopic (exact) mass is 304 g/mol. The summed E-state index contributed by atoms with van der Waals surface area (Å²) < 4.78 is 50.3. The van der Waals surface area contributed by atoms with Gasteiger partial charge in [-0.1, -0.05) is 0 Å². The first kappa shape index (κ1) is 15.4. The van der Waals surface area contributed by atoms with E-state index in [4.69, 9.17) is 0 Å². The largest absolute Gasteiger partial charge is 0.466 e. The summed E-state index contributed by atoms with van der Waals surface area (Å²) in [6.45, 7) is 0. The van der Waals surface area contributed by atoms with E-state index in [2.05, 4.69) is 4.74 Å². The van der Waals surface area contributed by atoms with Crippen LogP contribution in [0.15, 0.2) is 45.5 Å². The predicted octanol–water partition coefficient (Wildman–Crippen LogP) is 0.550. The summed E-state index contributed by atoms with van der Waals surface area (Å²) in [6.07, 6.45) is 1.80. The van der Waals surface area contributed by atoms with Crippen molar-refractivity contribution in [2.45, 2.75) is 9.79 Å². The molecule has 1 rings (SSSR count). The zero-order valence-corrected chi connectivity index (χ0v) is 11.9. The van der Waals surface area contributed by atoms with Gasteiger partial charge in [0.05, 0.1) is 16.9 Å². The van der Waals surface area contributed by atoms with E-state index in [9.17, 15) is 21.6 Å². The first-order valence-electron chi connectivity index (χ1n) is 4.98. The van der Waals surface area contributed by atoms with Crippen LogP contribution in [0.5, 0.6) is 0 Å². The molecule has 0 spiro atoms. The number of ether oxygens (including phenoxy) is 1. The van der Waals surface area contributed by atoms with Crippen molar-refractivity contribution in [2.75, 3.05) is 13.4 Å². The van der Waals surface area contributed by atoms with Crippen molar-refractivity contribution in [1.82, 2.24) is 0 Å². The minimum Gasteiger partial charge on any atom is -0.466 e. The minimum absolute atomic E-state index is 0.0170. The van der Waals surface area contributed by atoms with Crippen molar-refractivity contribution in [3.05, 3.63) is 35.7 Å². The topological polar surface area (TPSA) is 94.6 Å². The van der Waals surface area contributed by atoms with Crippen molar-refractivity contribution in [2.24, 2.45) is 0 Å². The maximum absolute atomic E-state index is 11.8. The van der Waals surface area contributed by atoms with Crippen molar-refractivity contribution in [3.63, 3.8) is 0 Å². The molecule has 0 aliphatic carbocycles. The molecule has 8 heteroatoms. The molecule has 6 nitrogen and oxygen atoms in total. The summed E-state index contributed by atoms with van der Waals surface area (Å²) in [5.41, 5.74) is 0. The molecule has 0 amide bonds. The van der Waals surface area contributed by atoms with Gasteiger partial charge in [0.15, 0.2) is 19.7 Å². The molecule has 1 aromatic carbocycles. The highest BCUT2D eigenvalue weighted by Crippen LogP contribution is 2.16. The highest BCUT2D eigenvalue weighted by molar-refractivity contribution is 7.94. The van der Waals surface area contributed by atoms with Gasteiger partial charge >= 0.3 is 5.97 Å². The van der Waals surface area contributed by atoms with E-state index < -0.39 is 25.6 Å². The molecule has 0 radical (unpaired) electrons. The van der Waals surface area contributed by atoms with Crippen LogP contribution in [0, 0.1) is 0 Å². The molecule has 0 saturated carbocycles. The van der Waals surface area contributed by atoms with Crippen LogP contribution in [0.2, 0.25) is 0 Å². The lowest BCUT2D eigenvalue weighted by molar-refractivity contribution is -0.134. The maximum Gasteiger partial charge on any atom is 0.331 e. The third-order valence-corrected chi connectivity index (χ3v) is 4.72. The van der Waals surface area contributed by atoms with Crippen molar-refractivity contribution in [3.8, 4) is 0 Å². The molecule has 0 aromatic heterocycles. The van der Waals surface area contributed by atoms with Gasteiger partial charge in [0.25, 0.3) is 0 Å². The highest BCUT2D eigenvalue weighted by atomic mass is 32.2. The zero-order chi connectivity index (χ0) is 14.7. The average molecular weight is 304 g/mol. The van der Waals surface area contributed by atoms with E-state index >= 15 is 0 Å². The SMILES string of the molecule is COC(=O)/C=C/S(=O)(=O)c1ccc(S(C)(=O)=O)cc1. The zero-order valence-electron chi connectivity index (χ0n) is 10.2. The third-order valence-electron chi connectivity index (χ3n) is 2.16. The lowest BCUT2D eigenvalue weighted by Gasteiger charge is -2.01. The lowest BCUT2D eigenvalue weighted by Crippen LogP contribution is -2.01. The first-order valence-corrected chi connectivity index (χ1v) is 8.42. The van der Waals surface area contributed by atoms with Crippen molar-refractivity contribution >= 4 is 25.6 Å². The normalized spacial score (nSPS) is 12.5. The molecule has 0 heterocycles. The Morgan fingerprint density at radius 2 is 1.53 bits per heavy atom. The van der Waals surface area contributed by atoms with Crippen molar-refractivity contribution in [1.29, 1.82) is 0 Å². The van der Waals surface area contributed by atoms with Gasteiger partial charge in [-0.3, -0.25) is 0 Å². The predicted molar refractivity (Wildman–Crippen MR) is 67.9 cm³/mol. The van der Waals surface area contributed by atoms with E-state index in [1.165, 1.54) is 12.1 Å². The van der Waals surface area contributed by atoms with Gasteiger partial charge in [-0.15, -0.1) is 0 Å². The van der Waals surface area contributed by atoms with Gasteiger partial charge in [0.2, 0.25) is 0 Å². The van der Waals surface area contributed by atoms with Crippen LogP contribution in [-0.4, -0.2) is 36.2 Å². The molecule has 0 aliphatic heterocycles. The number of hydrogen-bond acceptors (Lipinski definition) is 6. The number of carbonyl (C=O) groups is 1. The summed E-state index contributed by atoms with van der Waals surface area (Å²) in [5, 5.41) is 0.703. The Balaban J connectivity index is 3.11. The number of sulfone groups is 2. The summed E-state index contributed by atoms with van der Waals surface area (Å²) in [5.74, 6) is -0.795. The van der Waals surface area contributed by atoms with E-state index in [0.717, 1.165) is 31.6 Å². The second-order valence-electron chi connectivity index (χ2n) is 3.61. The quantitative estimate of drug-likeness (QED) is 0.595. The van der Waals surface area contributed by atoms with Gasteiger partial charge in [-0.05, 0) is 24.3 Å². The Morgan fingerprint density at radius 3 is 1.95 bits per heavy atom. The van der Waals surface area contributed by atoms with Gasteiger partial charge in [0, 0.05) is 17.7 Å². The van der Waals surface area contributed by atoms with Gasteiger partial charge in [0.1, 0.15) is 0 Å². The Labute approximate surface area is 111 Å². The molecule has 0 unspecified atom stereocenters. The molecule has 1 aromatic rings. The molecule has 19 heavy (non-hydrogen) atoms. The van der Waals surface area contributed by atoms with Gasteiger partial charge < -0.3 is 4.74 Å². The Bertz CT molecular complexity index is 696. The molecule has 0 fully saturated rings. The summed E-state index contributed by atoms with van der Waals surface area (Å²) in [4.78, 5) is 10.7. The molecule has 0 bridgehead atoms. The molecular formula is C11H12O6S2. The van der Waals surface area contributed by atoms with Crippen LogP contribution in [0.1, 0.15) is 0 Å². The smallest absolute Gasteiger partial charge is 0.331 e. The number of rotatable bonds is 4. The van der Waals surface area contributed by atoms with Crippen molar-refractivity contribution < 1.29 is 26.4 Å². The molecule has 0 saturated heterocycles. The fourth-order valence-corrected chi connectivity index (χ4v) is 2.76. The number of esters is 1. The van der Waals surface area contributed by atoms with Crippen LogP contribution in [-0.2, 0) is 29.2 Å². The summed E-state index contributed by atoms with van der Waals surface area (Å²) in [6, 6.07) is 4.70. The third kappa shape index (κ3) is 4.18. The van der Waals surface area contributed by atoms with Crippen LogP contribution < -0.4 is 0 Å².